The summed E-state index contributed by atoms with van der Waals surface area (Å²) >= 11 is 0.896. The molecule has 5 nitrogen and oxygen atoms in total. The summed E-state index contributed by atoms with van der Waals surface area (Å²) in [6.07, 6.45) is -1.68. The molecule has 2 rings (SSSR count). The van der Waals surface area contributed by atoms with E-state index < -0.39 is 26.9 Å². The number of pyridine rings is 1. The summed E-state index contributed by atoms with van der Waals surface area (Å²) in [6.45, 7) is 3.55. The maximum atomic E-state index is 12.9. The molecule has 1 N–H and O–H groups in total. The van der Waals surface area contributed by atoms with Gasteiger partial charge in [-0.3, -0.25) is 4.72 Å². The van der Waals surface area contributed by atoms with Crippen molar-refractivity contribution in [3.05, 3.63) is 34.7 Å². The number of ether oxygens (including phenoxy) is 1. The first-order chi connectivity index (χ1) is 10.3. The van der Waals surface area contributed by atoms with Gasteiger partial charge in [0.2, 0.25) is 0 Å². The molecule has 9 heteroatoms. The Morgan fingerprint density at radius 2 is 2.05 bits per heavy atom. The van der Waals surface area contributed by atoms with E-state index in [1.807, 2.05) is 0 Å². The molecule has 2 aromatic rings. The Balaban J connectivity index is 2.35. The zero-order chi connectivity index (χ0) is 16.3. The van der Waals surface area contributed by atoms with Gasteiger partial charge in [0, 0.05) is 22.5 Å². The lowest BCUT2D eigenvalue weighted by Crippen LogP contribution is -2.17. The number of nitrogens with one attached hydrogen (secondary N) is 1. The first kappa shape index (κ1) is 16.6. The zero-order valence-corrected chi connectivity index (χ0v) is 13.4. The van der Waals surface area contributed by atoms with Crippen LogP contribution in [0.3, 0.4) is 0 Å². The van der Waals surface area contributed by atoms with Crippen LogP contribution in [0.1, 0.15) is 25.8 Å². The minimum absolute atomic E-state index is 0.0392. The van der Waals surface area contributed by atoms with Crippen LogP contribution in [0.2, 0.25) is 0 Å². The summed E-state index contributed by atoms with van der Waals surface area (Å²) < 4.78 is 57.9. The number of hydrogen-bond acceptors (Lipinski definition) is 5. The molecular weight excluding hydrogens is 334 g/mol. The molecule has 0 bridgehead atoms. The van der Waals surface area contributed by atoms with Crippen molar-refractivity contribution < 1.29 is 21.9 Å². The van der Waals surface area contributed by atoms with E-state index in [4.69, 9.17) is 4.74 Å². The van der Waals surface area contributed by atoms with Crippen LogP contribution >= 0.6 is 11.3 Å². The van der Waals surface area contributed by atoms with Gasteiger partial charge in [0.1, 0.15) is 4.90 Å². The Bertz CT molecular complexity index is 745. The molecule has 0 unspecified atom stereocenters. The van der Waals surface area contributed by atoms with Crippen LogP contribution in [0, 0.1) is 0 Å². The van der Waals surface area contributed by atoms with Crippen LogP contribution in [0.15, 0.2) is 34.0 Å². The number of alkyl halides is 2. The van der Waals surface area contributed by atoms with Gasteiger partial charge < -0.3 is 4.74 Å². The molecule has 0 aromatic carbocycles. The van der Waals surface area contributed by atoms with Crippen LogP contribution in [0.25, 0.3) is 0 Å². The normalized spacial score (nSPS) is 11.9. The lowest BCUT2D eigenvalue weighted by Gasteiger charge is -2.14. The Hall–Kier alpha value is -1.74. The van der Waals surface area contributed by atoms with Crippen molar-refractivity contribution in [2.75, 3.05) is 4.72 Å². The van der Waals surface area contributed by atoms with Crippen LogP contribution in [0.4, 0.5) is 14.6 Å². The van der Waals surface area contributed by atoms with Crippen molar-refractivity contribution in [3.63, 3.8) is 0 Å². The molecule has 2 heterocycles. The summed E-state index contributed by atoms with van der Waals surface area (Å²) in [5, 5.41) is 2.28. The summed E-state index contributed by atoms with van der Waals surface area (Å²) in [7, 11) is -4.17. The van der Waals surface area contributed by atoms with Gasteiger partial charge in [-0.25, -0.2) is 22.2 Å². The highest BCUT2D eigenvalue weighted by Gasteiger charge is 2.26. The summed E-state index contributed by atoms with van der Waals surface area (Å²) in [5.74, 6) is 0.192. The van der Waals surface area contributed by atoms with Gasteiger partial charge in [-0.2, -0.15) is 11.3 Å². The fourth-order valence-electron chi connectivity index (χ4n) is 1.67. The fraction of sp³-hybridized carbons (Fsp3) is 0.308. The van der Waals surface area contributed by atoms with Crippen molar-refractivity contribution in [2.24, 2.45) is 0 Å². The molecule has 120 valence electrons. The lowest BCUT2D eigenvalue weighted by molar-refractivity contribution is 0.148. The monoisotopic (exact) mass is 348 g/mol. The highest BCUT2D eigenvalue weighted by Crippen LogP contribution is 2.32. The molecule has 0 radical (unpaired) electrons. The third kappa shape index (κ3) is 3.72. The Labute approximate surface area is 131 Å². The van der Waals surface area contributed by atoms with E-state index in [0.717, 1.165) is 22.1 Å². The molecule has 0 aliphatic rings. The van der Waals surface area contributed by atoms with Crippen LogP contribution < -0.4 is 9.46 Å². The number of rotatable bonds is 6. The van der Waals surface area contributed by atoms with Gasteiger partial charge in [0.25, 0.3) is 16.4 Å². The molecule has 0 saturated carbocycles. The number of nitrogens with zero attached hydrogens (tertiary/aromatic N) is 1. The highest BCUT2D eigenvalue weighted by atomic mass is 32.2. The quantitative estimate of drug-likeness (QED) is 0.865. The van der Waals surface area contributed by atoms with Gasteiger partial charge in [-0.05, 0) is 26.0 Å². The standard InChI is InChI=1S/C13H14F2N2O3S2/c1-8(2)20-10-4-3-5-16-13(10)17-22(18,19)11-7-21-6-9(11)12(14)15/h3-8,12H,1-2H3,(H,16,17). The minimum Gasteiger partial charge on any atom is -0.487 e. The van der Waals surface area contributed by atoms with Crippen LogP contribution in [0.5, 0.6) is 5.75 Å². The second kappa shape index (κ2) is 6.57. The SMILES string of the molecule is CC(C)Oc1cccnc1NS(=O)(=O)c1cscc1C(F)F. The lowest BCUT2D eigenvalue weighted by atomic mass is 10.4. The van der Waals surface area contributed by atoms with E-state index in [0.29, 0.717) is 0 Å². The van der Waals surface area contributed by atoms with Crippen LogP contribution in [-0.4, -0.2) is 19.5 Å². The van der Waals surface area contributed by atoms with Crippen molar-refractivity contribution in [3.8, 4) is 5.75 Å². The van der Waals surface area contributed by atoms with E-state index in [1.165, 1.54) is 6.20 Å². The summed E-state index contributed by atoms with van der Waals surface area (Å²) in [4.78, 5) is 3.45. The second-order valence-electron chi connectivity index (χ2n) is 4.61. The van der Waals surface area contributed by atoms with Gasteiger partial charge in [0.15, 0.2) is 11.6 Å². The number of hydrogen-bond donors (Lipinski definition) is 1. The molecule has 0 aliphatic carbocycles. The predicted molar refractivity (Wildman–Crippen MR) is 80.1 cm³/mol. The molecular formula is C13H14F2N2O3S2. The number of thiophene rings is 1. The third-order valence-corrected chi connectivity index (χ3v) is 4.85. The van der Waals surface area contributed by atoms with Crippen molar-refractivity contribution >= 4 is 27.2 Å². The van der Waals surface area contributed by atoms with Crippen molar-refractivity contribution in [2.45, 2.75) is 31.3 Å². The molecule has 0 saturated heterocycles. The summed E-state index contributed by atoms with van der Waals surface area (Å²) in [6, 6.07) is 3.14. The first-order valence-corrected chi connectivity index (χ1v) is 8.72. The van der Waals surface area contributed by atoms with E-state index >= 15 is 0 Å². The maximum absolute atomic E-state index is 12.9. The van der Waals surface area contributed by atoms with Gasteiger partial charge >= 0.3 is 0 Å². The molecule has 2 aromatic heterocycles. The number of anilines is 1. The van der Waals surface area contributed by atoms with E-state index in [2.05, 4.69) is 9.71 Å². The molecule has 0 amide bonds. The Kier molecular flexibility index (Phi) is 4.97. The van der Waals surface area contributed by atoms with Crippen molar-refractivity contribution in [1.82, 2.24) is 4.98 Å². The number of halogens is 2. The molecule has 0 atom stereocenters. The molecule has 0 aliphatic heterocycles. The second-order valence-corrected chi connectivity index (χ2v) is 7.01. The molecule has 0 fully saturated rings. The van der Waals surface area contributed by atoms with E-state index in [-0.39, 0.29) is 17.7 Å². The minimum atomic E-state index is -4.17. The smallest absolute Gasteiger partial charge is 0.265 e. The van der Waals surface area contributed by atoms with E-state index in [9.17, 15) is 17.2 Å². The topological polar surface area (TPSA) is 68.3 Å². The number of aromatic nitrogens is 1. The summed E-state index contributed by atoms with van der Waals surface area (Å²) in [5.41, 5.74) is -0.528. The Morgan fingerprint density at radius 1 is 1.32 bits per heavy atom. The first-order valence-electron chi connectivity index (χ1n) is 6.30. The van der Waals surface area contributed by atoms with Gasteiger partial charge in [-0.15, -0.1) is 0 Å². The zero-order valence-electron chi connectivity index (χ0n) is 11.8. The van der Waals surface area contributed by atoms with Crippen LogP contribution in [-0.2, 0) is 10.0 Å². The predicted octanol–water partition coefficient (Wildman–Crippen LogP) is 3.67. The van der Waals surface area contributed by atoms with E-state index in [1.54, 1.807) is 26.0 Å². The fourth-order valence-corrected chi connectivity index (χ4v) is 4.10. The molecule has 0 spiro atoms. The highest BCUT2D eigenvalue weighted by molar-refractivity contribution is 7.92. The molecule has 22 heavy (non-hydrogen) atoms. The third-order valence-electron chi connectivity index (χ3n) is 2.54. The van der Waals surface area contributed by atoms with Gasteiger partial charge in [0.05, 0.1) is 6.10 Å². The largest absolute Gasteiger partial charge is 0.487 e. The van der Waals surface area contributed by atoms with Crippen molar-refractivity contribution in [1.29, 1.82) is 0 Å². The average Bonchev–Trinajstić information content (AvgIpc) is 2.90. The average molecular weight is 348 g/mol. The Morgan fingerprint density at radius 3 is 2.68 bits per heavy atom. The van der Waals surface area contributed by atoms with Gasteiger partial charge in [-0.1, -0.05) is 0 Å². The maximum Gasteiger partial charge on any atom is 0.265 e. The number of sulfonamides is 1.